The molecule has 4 nitrogen and oxygen atoms in total. The van der Waals surface area contributed by atoms with Crippen LogP contribution in [0, 0.1) is 0 Å². The Hall–Kier alpha value is -0.940. The van der Waals surface area contributed by atoms with Gasteiger partial charge >= 0.3 is 0 Å². The maximum atomic E-state index is 9.75. The molecule has 0 bridgehead atoms. The first-order chi connectivity index (χ1) is 9.72. The fourth-order valence-electron chi connectivity index (χ4n) is 1.95. The van der Waals surface area contributed by atoms with Gasteiger partial charge in [-0.3, -0.25) is 0 Å². The van der Waals surface area contributed by atoms with Crippen LogP contribution in [0.2, 0.25) is 0 Å². The number of hydrogen-bond donors (Lipinski definition) is 2. The van der Waals surface area contributed by atoms with Crippen molar-refractivity contribution in [2.24, 2.45) is 0 Å². The minimum Gasteiger partial charge on any atom is -0.389 e. The molecule has 0 aliphatic carbocycles. The van der Waals surface area contributed by atoms with Crippen LogP contribution in [0.25, 0.3) is 0 Å². The van der Waals surface area contributed by atoms with Crippen molar-refractivity contribution in [2.45, 2.75) is 32.0 Å². The summed E-state index contributed by atoms with van der Waals surface area (Å²) >= 11 is 0. The van der Waals surface area contributed by atoms with Crippen molar-refractivity contribution >= 4 is 0 Å². The standard InChI is InChI=1S/C16H27NO3/c1-14(12-19-2)20-13-16(18)11-17-10-6-9-15-7-4-3-5-8-15/h3-5,7-8,14,16-18H,6,9-13H2,1-2H3. The van der Waals surface area contributed by atoms with Crippen molar-refractivity contribution in [3.05, 3.63) is 35.9 Å². The van der Waals surface area contributed by atoms with Crippen molar-refractivity contribution in [2.75, 3.05) is 33.4 Å². The van der Waals surface area contributed by atoms with E-state index in [1.54, 1.807) is 7.11 Å². The second-order valence-electron chi connectivity index (χ2n) is 5.05. The molecule has 0 aromatic heterocycles. The summed E-state index contributed by atoms with van der Waals surface area (Å²) in [7, 11) is 1.64. The van der Waals surface area contributed by atoms with Gasteiger partial charge in [0.2, 0.25) is 0 Å². The summed E-state index contributed by atoms with van der Waals surface area (Å²) in [5.41, 5.74) is 1.35. The van der Waals surface area contributed by atoms with Gasteiger partial charge in [-0.15, -0.1) is 0 Å². The third-order valence-corrected chi connectivity index (χ3v) is 3.02. The molecule has 0 heterocycles. The van der Waals surface area contributed by atoms with Crippen LogP contribution in [0.3, 0.4) is 0 Å². The monoisotopic (exact) mass is 281 g/mol. The smallest absolute Gasteiger partial charge is 0.0897 e. The Bertz CT molecular complexity index is 332. The highest BCUT2D eigenvalue weighted by molar-refractivity contribution is 5.14. The van der Waals surface area contributed by atoms with Crippen LogP contribution in [0.1, 0.15) is 18.9 Å². The van der Waals surface area contributed by atoms with Crippen LogP contribution in [-0.4, -0.2) is 50.7 Å². The summed E-state index contributed by atoms with van der Waals surface area (Å²) in [6.07, 6.45) is 1.68. The largest absolute Gasteiger partial charge is 0.389 e. The molecule has 0 radical (unpaired) electrons. The molecule has 2 unspecified atom stereocenters. The molecule has 2 atom stereocenters. The van der Waals surface area contributed by atoms with Gasteiger partial charge in [-0.2, -0.15) is 0 Å². The first-order valence-corrected chi connectivity index (χ1v) is 7.25. The lowest BCUT2D eigenvalue weighted by Gasteiger charge is -2.16. The zero-order valence-electron chi connectivity index (χ0n) is 12.5. The van der Waals surface area contributed by atoms with E-state index in [9.17, 15) is 5.11 Å². The van der Waals surface area contributed by atoms with Gasteiger partial charge in [0.05, 0.1) is 25.4 Å². The molecule has 114 valence electrons. The summed E-state index contributed by atoms with van der Waals surface area (Å²) in [5, 5.41) is 13.0. The predicted molar refractivity (Wildman–Crippen MR) is 80.9 cm³/mol. The van der Waals surface area contributed by atoms with E-state index in [1.807, 2.05) is 13.0 Å². The molecular weight excluding hydrogens is 254 g/mol. The lowest BCUT2D eigenvalue weighted by atomic mass is 10.1. The number of aryl methyl sites for hydroxylation is 1. The Morgan fingerprint density at radius 1 is 1.20 bits per heavy atom. The zero-order chi connectivity index (χ0) is 14.6. The van der Waals surface area contributed by atoms with Gasteiger partial charge < -0.3 is 19.9 Å². The van der Waals surface area contributed by atoms with Crippen LogP contribution < -0.4 is 5.32 Å². The van der Waals surface area contributed by atoms with Crippen molar-refractivity contribution in [3.63, 3.8) is 0 Å². The Kier molecular flexibility index (Phi) is 9.24. The van der Waals surface area contributed by atoms with Crippen molar-refractivity contribution in [1.82, 2.24) is 5.32 Å². The van der Waals surface area contributed by atoms with Crippen molar-refractivity contribution in [1.29, 1.82) is 0 Å². The summed E-state index contributed by atoms with van der Waals surface area (Å²) < 4.78 is 10.4. The Labute approximate surface area is 122 Å². The minimum atomic E-state index is -0.467. The number of nitrogens with one attached hydrogen (secondary N) is 1. The molecule has 1 aromatic rings. The average Bonchev–Trinajstić information content (AvgIpc) is 2.46. The lowest BCUT2D eigenvalue weighted by molar-refractivity contribution is -0.0310. The first kappa shape index (κ1) is 17.1. The third-order valence-electron chi connectivity index (χ3n) is 3.02. The summed E-state index contributed by atoms with van der Waals surface area (Å²) in [5.74, 6) is 0. The van der Waals surface area contributed by atoms with Gasteiger partial charge in [0.15, 0.2) is 0 Å². The molecule has 20 heavy (non-hydrogen) atoms. The van der Waals surface area contributed by atoms with Gasteiger partial charge in [0, 0.05) is 13.7 Å². The van der Waals surface area contributed by atoms with Gasteiger partial charge in [-0.05, 0) is 31.9 Å². The fourth-order valence-corrected chi connectivity index (χ4v) is 1.95. The highest BCUT2D eigenvalue weighted by atomic mass is 16.5. The number of methoxy groups -OCH3 is 1. The molecule has 1 rings (SSSR count). The number of aliphatic hydroxyl groups is 1. The highest BCUT2D eigenvalue weighted by Gasteiger charge is 2.07. The van der Waals surface area contributed by atoms with E-state index < -0.39 is 6.10 Å². The van der Waals surface area contributed by atoms with Crippen LogP contribution in [0.5, 0.6) is 0 Å². The highest BCUT2D eigenvalue weighted by Crippen LogP contribution is 2.01. The van der Waals surface area contributed by atoms with Crippen molar-refractivity contribution < 1.29 is 14.6 Å². The normalized spacial score (nSPS) is 14.2. The number of benzene rings is 1. The maximum absolute atomic E-state index is 9.75. The zero-order valence-corrected chi connectivity index (χ0v) is 12.5. The number of ether oxygens (including phenoxy) is 2. The molecule has 1 aromatic carbocycles. The van der Waals surface area contributed by atoms with Crippen LogP contribution in [0.15, 0.2) is 30.3 Å². The van der Waals surface area contributed by atoms with E-state index in [4.69, 9.17) is 9.47 Å². The SMILES string of the molecule is COCC(C)OCC(O)CNCCCc1ccccc1. The maximum Gasteiger partial charge on any atom is 0.0897 e. The van der Waals surface area contributed by atoms with E-state index in [2.05, 4.69) is 29.6 Å². The van der Waals surface area contributed by atoms with Crippen molar-refractivity contribution in [3.8, 4) is 0 Å². The van der Waals surface area contributed by atoms with Crippen LogP contribution >= 0.6 is 0 Å². The van der Waals surface area contributed by atoms with E-state index in [0.717, 1.165) is 19.4 Å². The number of aliphatic hydroxyl groups excluding tert-OH is 1. The van der Waals surface area contributed by atoms with Gasteiger partial charge in [-0.1, -0.05) is 30.3 Å². The lowest BCUT2D eigenvalue weighted by Crippen LogP contribution is -2.32. The van der Waals surface area contributed by atoms with E-state index in [0.29, 0.717) is 19.8 Å². The molecule has 0 aliphatic rings. The van der Waals surface area contributed by atoms with Gasteiger partial charge in [0.25, 0.3) is 0 Å². The van der Waals surface area contributed by atoms with E-state index in [1.165, 1.54) is 5.56 Å². The summed E-state index contributed by atoms with van der Waals surface area (Å²) in [6, 6.07) is 10.4. The molecule has 2 N–H and O–H groups in total. The molecule has 0 fully saturated rings. The van der Waals surface area contributed by atoms with Gasteiger partial charge in [-0.25, -0.2) is 0 Å². The van der Waals surface area contributed by atoms with E-state index in [-0.39, 0.29) is 6.10 Å². The van der Waals surface area contributed by atoms with Crippen LogP contribution in [0.4, 0.5) is 0 Å². The fraction of sp³-hybridized carbons (Fsp3) is 0.625. The summed E-state index contributed by atoms with van der Waals surface area (Å²) in [6.45, 7) is 4.30. The average molecular weight is 281 g/mol. The molecule has 0 aliphatic heterocycles. The quantitative estimate of drug-likeness (QED) is 0.605. The van der Waals surface area contributed by atoms with Crippen LogP contribution in [-0.2, 0) is 15.9 Å². The molecule has 0 spiro atoms. The third kappa shape index (κ3) is 8.27. The van der Waals surface area contributed by atoms with Gasteiger partial charge in [0.1, 0.15) is 0 Å². The first-order valence-electron chi connectivity index (χ1n) is 7.25. The summed E-state index contributed by atoms with van der Waals surface area (Å²) in [4.78, 5) is 0. The topological polar surface area (TPSA) is 50.7 Å². The predicted octanol–water partition coefficient (Wildman–Crippen LogP) is 1.62. The second kappa shape index (κ2) is 10.8. The Morgan fingerprint density at radius 3 is 2.65 bits per heavy atom. The molecule has 4 heteroatoms. The Morgan fingerprint density at radius 2 is 1.95 bits per heavy atom. The molecule has 0 saturated heterocycles. The molecule has 0 amide bonds. The molecule has 0 saturated carbocycles. The minimum absolute atomic E-state index is 0.0210. The number of hydrogen-bond acceptors (Lipinski definition) is 4. The second-order valence-corrected chi connectivity index (χ2v) is 5.05. The molecular formula is C16H27NO3. The Balaban J connectivity index is 1.98. The number of rotatable bonds is 11. The van der Waals surface area contributed by atoms with E-state index >= 15 is 0 Å².